The Morgan fingerprint density at radius 1 is 1.00 bits per heavy atom. The second kappa shape index (κ2) is 10.4. The molecule has 0 aliphatic carbocycles. The highest BCUT2D eigenvalue weighted by atomic mass is 35.5. The molecule has 178 valence electrons. The minimum atomic E-state index is 0.227. The Kier molecular flexibility index (Phi) is 7.15. The molecular weight excluding hydrogens is 471 g/mol. The third-order valence-corrected chi connectivity index (χ3v) is 6.83. The van der Waals surface area contributed by atoms with E-state index in [0.717, 1.165) is 75.4 Å². The number of morpholine rings is 1. The first kappa shape index (κ1) is 23.3. The van der Waals surface area contributed by atoms with Gasteiger partial charge in [0.15, 0.2) is 5.82 Å². The monoisotopic (exact) mass is 498 g/mol. The fourth-order valence-corrected chi connectivity index (χ4v) is 4.99. The van der Waals surface area contributed by atoms with Crippen LogP contribution in [-0.4, -0.2) is 71.8 Å². The number of nitrogens with zero attached hydrogens (tertiary/aromatic N) is 6. The van der Waals surface area contributed by atoms with Gasteiger partial charge in [-0.15, -0.1) is 0 Å². The van der Waals surface area contributed by atoms with Gasteiger partial charge in [-0.05, 0) is 31.2 Å². The van der Waals surface area contributed by atoms with Crippen molar-refractivity contribution in [3.8, 4) is 11.4 Å². The molecule has 0 unspecified atom stereocenters. The van der Waals surface area contributed by atoms with Crippen molar-refractivity contribution in [1.82, 2.24) is 19.9 Å². The Hall–Kier alpha value is -2.45. The largest absolute Gasteiger partial charge is 0.379 e. The summed E-state index contributed by atoms with van der Waals surface area (Å²) in [6, 6.07) is 13.8. The summed E-state index contributed by atoms with van der Waals surface area (Å²) < 4.78 is 5.52. The van der Waals surface area contributed by atoms with Gasteiger partial charge >= 0.3 is 0 Å². The van der Waals surface area contributed by atoms with Gasteiger partial charge in [-0.2, -0.15) is 0 Å². The molecule has 9 heteroatoms. The number of anilines is 2. The van der Waals surface area contributed by atoms with E-state index in [4.69, 9.17) is 37.9 Å². The summed E-state index contributed by atoms with van der Waals surface area (Å²) in [5.74, 6) is 2.48. The molecular formula is C25H28Cl2N6O. The molecule has 4 heterocycles. The molecule has 0 saturated carbocycles. The van der Waals surface area contributed by atoms with Crippen molar-refractivity contribution in [2.45, 2.75) is 19.5 Å². The lowest BCUT2D eigenvalue weighted by Gasteiger charge is -2.41. The van der Waals surface area contributed by atoms with Gasteiger partial charge in [-0.3, -0.25) is 4.90 Å². The highest BCUT2D eigenvalue weighted by molar-refractivity contribution is 6.33. The van der Waals surface area contributed by atoms with Gasteiger partial charge in [-0.25, -0.2) is 15.0 Å². The number of halogens is 2. The number of rotatable bonds is 5. The Balaban J connectivity index is 1.43. The van der Waals surface area contributed by atoms with Gasteiger partial charge in [-0.1, -0.05) is 35.3 Å². The van der Waals surface area contributed by atoms with Crippen LogP contribution in [0.2, 0.25) is 10.0 Å². The second-order valence-electron chi connectivity index (χ2n) is 8.74. The van der Waals surface area contributed by atoms with Crippen LogP contribution in [0.15, 0.2) is 48.7 Å². The Bertz CT molecular complexity index is 1140. The number of aromatic nitrogens is 3. The minimum Gasteiger partial charge on any atom is -0.379 e. The predicted octanol–water partition coefficient (Wildman–Crippen LogP) is 4.39. The molecule has 1 atom stereocenters. The van der Waals surface area contributed by atoms with Gasteiger partial charge in [0.05, 0.1) is 23.9 Å². The lowest BCUT2D eigenvalue weighted by molar-refractivity contribution is 0.0336. The van der Waals surface area contributed by atoms with Gasteiger partial charge in [0.25, 0.3) is 0 Å². The summed E-state index contributed by atoms with van der Waals surface area (Å²) in [6.45, 7) is 8.76. The fraction of sp³-hybridized carbons (Fsp3) is 0.400. The van der Waals surface area contributed by atoms with E-state index in [1.54, 1.807) is 6.20 Å². The van der Waals surface area contributed by atoms with Gasteiger partial charge in [0.2, 0.25) is 0 Å². The molecule has 34 heavy (non-hydrogen) atoms. The summed E-state index contributed by atoms with van der Waals surface area (Å²) in [6.07, 6.45) is 1.79. The third-order valence-electron chi connectivity index (χ3n) is 6.30. The van der Waals surface area contributed by atoms with Crippen LogP contribution in [0.1, 0.15) is 12.6 Å². The SMILES string of the molecule is C[C@@H]1CN(c2ncccc2Cl)CCN1c1cc(CN2CCOCC2)nc(-c2cccc(Cl)c2)n1. The van der Waals surface area contributed by atoms with Crippen LogP contribution < -0.4 is 9.80 Å². The molecule has 0 N–H and O–H groups in total. The minimum absolute atomic E-state index is 0.227. The van der Waals surface area contributed by atoms with Crippen molar-refractivity contribution in [3.63, 3.8) is 0 Å². The normalized spacial score (nSPS) is 19.4. The maximum Gasteiger partial charge on any atom is 0.161 e. The molecule has 0 amide bonds. The van der Waals surface area contributed by atoms with Crippen molar-refractivity contribution in [2.24, 2.45) is 0 Å². The molecule has 1 aromatic carbocycles. The zero-order valence-electron chi connectivity index (χ0n) is 19.2. The zero-order chi connectivity index (χ0) is 23.5. The molecule has 2 aliphatic rings. The van der Waals surface area contributed by atoms with E-state index in [9.17, 15) is 0 Å². The number of pyridine rings is 1. The maximum absolute atomic E-state index is 6.41. The Morgan fingerprint density at radius 2 is 1.85 bits per heavy atom. The smallest absolute Gasteiger partial charge is 0.161 e. The molecule has 2 aromatic heterocycles. The first-order valence-corrected chi connectivity index (χ1v) is 12.4. The fourth-order valence-electron chi connectivity index (χ4n) is 4.56. The number of piperazine rings is 1. The third kappa shape index (κ3) is 5.28. The van der Waals surface area contributed by atoms with Crippen molar-refractivity contribution >= 4 is 34.8 Å². The molecule has 0 spiro atoms. The van der Waals surface area contributed by atoms with Crippen LogP contribution in [0.4, 0.5) is 11.6 Å². The van der Waals surface area contributed by atoms with Crippen molar-refractivity contribution in [1.29, 1.82) is 0 Å². The van der Waals surface area contributed by atoms with E-state index >= 15 is 0 Å². The molecule has 0 radical (unpaired) electrons. The lowest BCUT2D eigenvalue weighted by Crippen LogP contribution is -2.52. The van der Waals surface area contributed by atoms with Gasteiger partial charge in [0, 0.05) is 68.2 Å². The lowest BCUT2D eigenvalue weighted by atomic mass is 10.1. The number of benzene rings is 1. The quantitative estimate of drug-likeness (QED) is 0.516. The summed E-state index contributed by atoms with van der Waals surface area (Å²) >= 11 is 12.7. The van der Waals surface area contributed by atoms with Crippen LogP contribution in [0.3, 0.4) is 0 Å². The van der Waals surface area contributed by atoms with Crippen LogP contribution >= 0.6 is 23.2 Å². The van der Waals surface area contributed by atoms with Crippen LogP contribution in [0, 0.1) is 0 Å². The number of ether oxygens (including phenoxy) is 1. The first-order valence-electron chi connectivity index (χ1n) is 11.6. The number of hydrogen-bond acceptors (Lipinski definition) is 7. The maximum atomic E-state index is 6.41. The zero-order valence-corrected chi connectivity index (χ0v) is 20.7. The summed E-state index contributed by atoms with van der Waals surface area (Å²) in [4.78, 5) is 21.4. The van der Waals surface area contributed by atoms with Crippen molar-refractivity contribution < 1.29 is 4.74 Å². The van der Waals surface area contributed by atoms with E-state index < -0.39 is 0 Å². The Morgan fingerprint density at radius 3 is 2.62 bits per heavy atom. The molecule has 2 saturated heterocycles. The molecule has 2 aliphatic heterocycles. The molecule has 7 nitrogen and oxygen atoms in total. The van der Waals surface area contributed by atoms with E-state index in [1.165, 1.54) is 0 Å². The van der Waals surface area contributed by atoms with Crippen LogP contribution in [0.5, 0.6) is 0 Å². The molecule has 0 bridgehead atoms. The van der Waals surface area contributed by atoms with E-state index in [1.807, 2.05) is 36.4 Å². The summed E-state index contributed by atoms with van der Waals surface area (Å²) in [7, 11) is 0. The van der Waals surface area contributed by atoms with E-state index in [2.05, 4.69) is 32.7 Å². The molecule has 2 fully saturated rings. The summed E-state index contributed by atoms with van der Waals surface area (Å²) in [5, 5.41) is 1.36. The number of hydrogen-bond donors (Lipinski definition) is 0. The first-order chi connectivity index (χ1) is 16.6. The average molecular weight is 499 g/mol. The Labute approximate surface area is 210 Å². The molecule has 3 aromatic rings. The standard InChI is InChI=1S/C25H28Cl2N6O/c1-18-16-32(25-22(27)6-3-7-28-25)8-9-33(18)23-15-21(17-31-10-12-34-13-11-31)29-24(30-23)19-4-2-5-20(26)14-19/h2-7,14-15,18H,8-13,16-17H2,1H3/t18-/m1/s1. The van der Waals surface area contributed by atoms with Gasteiger partial charge in [0.1, 0.15) is 11.6 Å². The predicted molar refractivity (Wildman–Crippen MR) is 137 cm³/mol. The van der Waals surface area contributed by atoms with Crippen molar-refractivity contribution in [3.05, 3.63) is 64.4 Å². The highest BCUT2D eigenvalue weighted by Gasteiger charge is 2.27. The van der Waals surface area contributed by atoms with Gasteiger partial charge < -0.3 is 14.5 Å². The van der Waals surface area contributed by atoms with Crippen LogP contribution in [0.25, 0.3) is 11.4 Å². The highest BCUT2D eigenvalue weighted by Crippen LogP contribution is 2.29. The average Bonchev–Trinajstić information content (AvgIpc) is 2.85. The second-order valence-corrected chi connectivity index (χ2v) is 9.58. The topological polar surface area (TPSA) is 57.6 Å². The van der Waals surface area contributed by atoms with E-state index in [0.29, 0.717) is 15.9 Å². The molecule has 5 rings (SSSR count). The van der Waals surface area contributed by atoms with Crippen molar-refractivity contribution in [2.75, 3.05) is 55.7 Å². The summed E-state index contributed by atoms with van der Waals surface area (Å²) in [5.41, 5.74) is 1.92. The van der Waals surface area contributed by atoms with Crippen LogP contribution in [-0.2, 0) is 11.3 Å². The van der Waals surface area contributed by atoms with E-state index in [-0.39, 0.29) is 6.04 Å².